The predicted molar refractivity (Wildman–Crippen MR) is 86.0 cm³/mol. The van der Waals surface area contributed by atoms with Crippen LogP contribution in [0, 0.1) is 0 Å². The van der Waals surface area contributed by atoms with Gasteiger partial charge in [-0.1, -0.05) is 12.1 Å². The molecule has 0 aromatic carbocycles. The van der Waals surface area contributed by atoms with E-state index in [1.54, 1.807) is 12.4 Å². The third-order valence-electron chi connectivity index (χ3n) is 3.43. The smallest absolute Gasteiger partial charge is 0.0901 e. The predicted octanol–water partition coefficient (Wildman–Crippen LogP) is 3.75. The van der Waals surface area contributed by atoms with Crippen LogP contribution in [-0.4, -0.2) is 19.9 Å². The van der Waals surface area contributed by atoms with Crippen LogP contribution in [0.4, 0.5) is 0 Å². The standard InChI is InChI=1S/C18H12N4/c1-3-9-19-14(5-1)13-11-18-16(21-12-13)7-8-17(22-18)15-6-2-4-10-20-15/h1-12H. The molecule has 0 spiro atoms. The molecular weight excluding hydrogens is 272 g/mol. The maximum atomic E-state index is 4.68. The number of hydrogen-bond acceptors (Lipinski definition) is 4. The lowest BCUT2D eigenvalue weighted by Crippen LogP contribution is -1.91. The van der Waals surface area contributed by atoms with E-state index < -0.39 is 0 Å². The van der Waals surface area contributed by atoms with E-state index >= 15 is 0 Å². The first-order valence-corrected chi connectivity index (χ1v) is 7.00. The van der Waals surface area contributed by atoms with Gasteiger partial charge in [-0.05, 0) is 42.5 Å². The Labute approximate surface area is 127 Å². The fourth-order valence-corrected chi connectivity index (χ4v) is 2.34. The highest BCUT2D eigenvalue weighted by molar-refractivity contribution is 5.81. The lowest BCUT2D eigenvalue weighted by atomic mass is 10.1. The van der Waals surface area contributed by atoms with Gasteiger partial charge in [-0.15, -0.1) is 0 Å². The Morgan fingerprint density at radius 1 is 0.591 bits per heavy atom. The van der Waals surface area contributed by atoms with Gasteiger partial charge in [0.05, 0.1) is 28.1 Å². The fraction of sp³-hybridized carbons (Fsp3) is 0. The van der Waals surface area contributed by atoms with E-state index in [0.717, 1.165) is 33.7 Å². The average molecular weight is 284 g/mol. The number of hydrogen-bond donors (Lipinski definition) is 0. The molecule has 4 aromatic heterocycles. The Morgan fingerprint density at radius 3 is 2.09 bits per heavy atom. The van der Waals surface area contributed by atoms with Crippen molar-refractivity contribution in [2.45, 2.75) is 0 Å². The van der Waals surface area contributed by atoms with Crippen LogP contribution in [0.15, 0.2) is 73.2 Å². The minimum atomic E-state index is 0.839. The number of aromatic nitrogens is 4. The molecule has 0 bridgehead atoms. The highest BCUT2D eigenvalue weighted by Crippen LogP contribution is 2.22. The molecule has 22 heavy (non-hydrogen) atoms. The van der Waals surface area contributed by atoms with Gasteiger partial charge in [-0.25, -0.2) is 4.98 Å². The minimum Gasteiger partial charge on any atom is -0.256 e. The van der Waals surface area contributed by atoms with Gasteiger partial charge in [-0.3, -0.25) is 15.0 Å². The highest BCUT2D eigenvalue weighted by Gasteiger charge is 2.05. The van der Waals surface area contributed by atoms with Crippen molar-refractivity contribution in [2.75, 3.05) is 0 Å². The van der Waals surface area contributed by atoms with E-state index in [1.807, 2.05) is 60.8 Å². The van der Waals surface area contributed by atoms with Gasteiger partial charge < -0.3 is 0 Å². The number of rotatable bonds is 2. The van der Waals surface area contributed by atoms with Crippen molar-refractivity contribution in [1.82, 2.24) is 19.9 Å². The van der Waals surface area contributed by atoms with E-state index in [-0.39, 0.29) is 0 Å². The van der Waals surface area contributed by atoms with Crippen molar-refractivity contribution in [3.63, 3.8) is 0 Å². The van der Waals surface area contributed by atoms with Crippen LogP contribution in [0.2, 0.25) is 0 Å². The van der Waals surface area contributed by atoms with E-state index in [0.29, 0.717) is 0 Å². The molecule has 0 unspecified atom stereocenters. The second kappa shape index (κ2) is 5.33. The summed E-state index contributed by atoms with van der Waals surface area (Å²) >= 11 is 0. The van der Waals surface area contributed by atoms with Gasteiger partial charge in [0, 0.05) is 24.2 Å². The minimum absolute atomic E-state index is 0.839. The van der Waals surface area contributed by atoms with Crippen LogP contribution in [0.3, 0.4) is 0 Å². The van der Waals surface area contributed by atoms with Crippen LogP contribution >= 0.6 is 0 Å². The Bertz CT molecular complexity index is 847. The largest absolute Gasteiger partial charge is 0.256 e. The van der Waals surface area contributed by atoms with Crippen molar-refractivity contribution >= 4 is 11.0 Å². The number of nitrogens with zero attached hydrogens (tertiary/aromatic N) is 4. The Kier molecular flexibility index (Phi) is 3.05. The van der Waals surface area contributed by atoms with Crippen LogP contribution in [0.25, 0.3) is 33.7 Å². The molecule has 0 aliphatic carbocycles. The summed E-state index contributed by atoms with van der Waals surface area (Å²) in [5, 5.41) is 0. The molecule has 4 heterocycles. The van der Waals surface area contributed by atoms with Crippen LogP contribution in [-0.2, 0) is 0 Å². The fourth-order valence-electron chi connectivity index (χ4n) is 2.34. The zero-order valence-corrected chi connectivity index (χ0v) is 11.7. The topological polar surface area (TPSA) is 51.6 Å². The van der Waals surface area contributed by atoms with E-state index in [9.17, 15) is 0 Å². The molecule has 0 amide bonds. The molecule has 0 N–H and O–H groups in total. The molecule has 0 aliphatic rings. The van der Waals surface area contributed by atoms with Gasteiger partial charge >= 0.3 is 0 Å². The Balaban J connectivity index is 1.85. The summed E-state index contributed by atoms with van der Waals surface area (Å²) < 4.78 is 0. The first kappa shape index (κ1) is 12.6. The van der Waals surface area contributed by atoms with E-state index in [1.165, 1.54) is 0 Å². The summed E-state index contributed by atoms with van der Waals surface area (Å²) in [5.41, 5.74) is 5.24. The number of pyridine rings is 4. The zero-order valence-electron chi connectivity index (χ0n) is 11.7. The summed E-state index contributed by atoms with van der Waals surface area (Å²) in [7, 11) is 0. The van der Waals surface area contributed by atoms with Crippen LogP contribution in [0.5, 0.6) is 0 Å². The molecule has 4 nitrogen and oxygen atoms in total. The van der Waals surface area contributed by atoms with Crippen LogP contribution in [0.1, 0.15) is 0 Å². The third-order valence-corrected chi connectivity index (χ3v) is 3.43. The molecule has 4 heteroatoms. The Morgan fingerprint density at radius 2 is 1.36 bits per heavy atom. The highest BCUT2D eigenvalue weighted by atomic mass is 14.8. The molecular formula is C18H12N4. The van der Waals surface area contributed by atoms with Crippen molar-refractivity contribution < 1.29 is 0 Å². The molecule has 4 rings (SSSR count). The molecule has 0 saturated heterocycles. The normalized spacial score (nSPS) is 10.7. The first-order valence-electron chi connectivity index (χ1n) is 7.00. The van der Waals surface area contributed by atoms with Gasteiger partial charge in [0.25, 0.3) is 0 Å². The average Bonchev–Trinajstić information content (AvgIpc) is 2.62. The third kappa shape index (κ3) is 2.31. The van der Waals surface area contributed by atoms with Gasteiger partial charge in [0.2, 0.25) is 0 Å². The molecule has 0 fully saturated rings. The van der Waals surface area contributed by atoms with Gasteiger partial charge in [0.15, 0.2) is 0 Å². The second-order valence-electron chi connectivity index (χ2n) is 4.89. The summed E-state index contributed by atoms with van der Waals surface area (Å²) in [4.78, 5) is 17.8. The van der Waals surface area contributed by atoms with E-state index in [4.69, 9.17) is 0 Å². The van der Waals surface area contributed by atoms with Crippen molar-refractivity contribution in [1.29, 1.82) is 0 Å². The maximum absolute atomic E-state index is 4.68. The van der Waals surface area contributed by atoms with Gasteiger partial charge in [0.1, 0.15) is 0 Å². The lowest BCUT2D eigenvalue weighted by molar-refractivity contribution is 1.26. The first-order chi connectivity index (χ1) is 10.9. The van der Waals surface area contributed by atoms with Gasteiger partial charge in [-0.2, -0.15) is 0 Å². The lowest BCUT2D eigenvalue weighted by Gasteiger charge is -2.04. The molecule has 0 saturated carbocycles. The summed E-state index contributed by atoms with van der Waals surface area (Å²) in [6.07, 6.45) is 5.37. The zero-order chi connectivity index (χ0) is 14.8. The quantitative estimate of drug-likeness (QED) is 0.562. The monoisotopic (exact) mass is 284 g/mol. The molecule has 104 valence electrons. The molecule has 4 aromatic rings. The summed E-state index contributed by atoms with van der Waals surface area (Å²) in [5.74, 6) is 0. The molecule has 0 atom stereocenters. The summed E-state index contributed by atoms with van der Waals surface area (Å²) in [6.45, 7) is 0. The van der Waals surface area contributed by atoms with Crippen LogP contribution < -0.4 is 0 Å². The van der Waals surface area contributed by atoms with Crippen molar-refractivity contribution in [3.05, 3.63) is 73.2 Å². The SMILES string of the molecule is c1ccc(-c2cnc3ccc(-c4ccccn4)nc3c2)nc1. The van der Waals surface area contributed by atoms with E-state index in [2.05, 4.69) is 19.9 Å². The Hall–Kier alpha value is -3.14. The van der Waals surface area contributed by atoms with Crippen molar-refractivity contribution in [3.8, 4) is 22.6 Å². The number of fused-ring (bicyclic) bond motifs is 1. The maximum Gasteiger partial charge on any atom is 0.0901 e. The molecule has 0 aliphatic heterocycles. The second-order valence-corrected chi connectivity index (χ2v) is 4.89. The summed E-state index contributed by atoms with van der Waals surface area (Å²) in [6, 6.07) is 17.5. The van der Waals surface area contributed by atoms with Crippen molar-refractivity contribution in [2.24, 2.45) is 0 Å². The molecule has 0 radical (unpaired) electrons.